The molecular weight excluding hydrogens is 129 g/mol. The Labute approximate surface area is 58.2 Å². The van der Waals surface area contributed by atoms with Gasteiger partial charge in [0.05, 0.1) is 6.54 Å². The van der Waals surface area contributed by atoms with Crippen LogP contribution in [0.1, 0.15) is 11.1 Å². The second-order valence-electron chi connectivity index (χ2n) is 2.31. The molecule has 0 saturated carbocycles. The number of fused-ring (bicyclic) bond motifs is 1. The Balaban J connectivity index is 2.60. The van der Waals surface area contributed by atoms with Crippen molar-refractivity contribution in [3.63, 3.8) is 0 Å². The summed E-state index contributed by atoms with van der Waals surface area (Å²) in [4.78, 5) is 4.00. The summed E-state index contributed by atoms with van der Waals surface area (Å²) in [5.41, 5.74) is 2.03. The number of rotatable bonds is 0. The molecule has 1 heterocycles. The summed E-state index contributed by atoms with van der Waals surface area (Å²) in [6.45, 7) is 0.704. The van der Waals surface area contributed by atoms with E-state index in [0.29, 0.717) is 6.54 Å². The third-order valence-corrected chi connectivity index (χ3v) is 1.60. The number of hydrogen-bond acceptors (Lipinski definition) is 1. The van der Waals surface area contributed by atoms with E-state index in [1.165, 1.54) is 12.1 Å². The zero-order chi connectivity index (χ0) is 6.97. The van der Waals surface area contributed by atoms with Gasteiger partial charge in [-0.15, -0.1) is 0 Å². The van der Waals surface area contributed by atoms with Crippen molar-refractivity contribution in [3.05, 3.63) is 35.1 Å². The average Bonchev–Trinajstić information content (AvgIpc) is 2.33. The van der Waals surface area contributed by atoms with Gasteiger partial charge in [-0.25, -0.2) is 4.39 Å². The van der Waals surface area contributed by atoms with E-state index in [2.05, 4.69) is 4.99 Å². The summed E-state index contributed by atoms with van der Waals surface area (Å²) in [7, 11) is 0. The molecule has 2 heteroatoms. The zero-order valence-corrected chi connectivity index (χ0v) is 5.34. The van der Waals surface area contributed by atoms with Gasteiger partial charge in [-0.3, -0.25) is 4.99 Å². The highest BCUT2D eigenvalue weighted by Crippen LogP contribution is 2.14. The van der Waals surface area contributed by atoms with E-state index < -0.39 is 0 Å². The minimum absolute atomic E-state index is 0.188. The molecule has 0 aliphatic carbocycles. The van der Waals surface area contributed by atoms with E-state index in [9.17, 15) is 4.39 Å². The molecule has 0 fully saturated rings. The lowest BCUT2D eigenvalue weighted by Crippen LogP contribution is -1.84. The molecule has 0 N–H and O–H groups in total. The Morgan fingerprint density at radius 3 is 3.20 bits per heavy atom. The van der Waals surface area contributed by atoms with Gasteiger partial charge in [0.1, 0.15) is 5.82 Å². The van der Waals surface area contributed by atoms with Crippen molar-refractivity contribution in [1.29, 1.82) is 0 Å². The highest BCUT2D eigenvalue weighted by Gasteiger charge is 2.05. The van der Waals surface area contributed by atoms with E-state index in [0.717, 1.165) is 11.1 Å². The van der Waals surface area contributed by atoms with Crippen LogP contribution < -0.4 is 0 Å². The van der Waals surface area contributed by atoms with Crippen LogP contribution in [0.4, 0.5) is 4.39 Å². The maximum Gasteiger partial charge on any atom is 0.123 e. The second kappa shape index (κ2) is 1.90. The molecule has 1 aliphatic heterocycles. The first-order valence-corrected chi connectivity index (χ1v) is 3.14. The highest BCUT2D eigenvalue weighted by molar-refractivity contribution is 5.84. The van der Waals surface area contributed by atoms with Crippen molar-refractivity contribution in [2.45, 2.75) is 6.54 Å². The van der Waals surface area contributed by atoms with Crippen molar-refractivity contribution < 1.29 is 4.39 Å². The fraction of sp³-hybridized carbons (Fsp3) is 0.125. The molecule has 0 unspecified atom stereocenters. The van der Waals surface area contributed by atoms with E-state index in [1.54, 1.807) is 12.3 Å². The van der Waals surface area contributed by atoms with Gasteiger partial charge < -0.3 is 0 Å². The lowest BCUT2D eigenvalue weighted by molar-refractivity contribution is 0.627. The first-order chi connectivity index (χ1) is 4.86. The van der Waals surface area contributed by atoms with Crippen LogP contribution in [0.15, 0.2) is 23.2 Å². The topological polar surface area (TPSA) is 12.4 Å². The fourth-order valence-electron chi connectivity index (χ4n) is 1.07. The number of benzene rings is 1. The number of hydrogen-bond donors (Lipinski definition) is 0. The molecule has 1 aliphatic rings. The van der Waals surface area contributed by atoms with Crippen LogP contribution in [0.25, 0.3) is 0 Å². The van der Waals surface area contributed by atoms with Gasteiger partial charge in [-0.05, 0) is 17.7 Å². The van der Waals surface area contributed by atoms with E-state index in [-0.39, 0.29) is 5.82 Å². The third kappa shape index (κ3) is 0.727. The van der Waals surface area contributed by atoms with Crippen LogP contribution in [0.3, 0.4) is 0 Å². The Hall–Kier alpha value is -1.18. The van der Waals surface area contributed by atoms with Crippen LogP contribution in [0.5, 0.6) is 0 Å². The summed E-state index contributed by atoms with van der Waals surface area (Å²) in [6, 6.07) is 4.75. The molecule has 0 atom stereocenters. The maximum absolute atomic E-state index is 12.5. The molecule has 1 aromatic rings. The van der Waals surface area contributed by atoms with E-state index in [4.69, 9.17) is 0 Å². The predicted molar refractivity (Wildman–Crippen MR) is 37.7 cm³/mol. The molecule has 1 aromatic carbocycles. The van der Waals surface area contributed by atoms with Gasteiger partial charge in [0.15, 0.2) is 0 Å². The number of aliphatic imine (C=N–C) groups is 1. The fourth-order valence-corrected chi connectivity index (χ4v) is 1.07. The molecule has 0 radical (unpaired) electrons. The SMILES string of the molecule is Fc1ccc2c(c1)C=NC2. The lowest BCUT2D eigenvalue weighted by Gasteiger charge is -1.93. The van der Waals surface area contributed by atoms with Gasteiger partial charge in [-0.2, -0.15) is 0 Å². The Morgan fingerprint density at radius 1 is 1.40 bits per heavy atom. The first-order valence-electron chi connectivity index (χ1n) is 3.14. The summed E-state index contributed by atoms with van der Waals surface area (Å²) in [5, 5.41) is 0. The van der Waals surface area contributed by atoms with E-state index in [1.807, 2.05) is 0 Å². The minimum atomic E-state index is -0.188. The van der Waals surface area contributed by atoms with Crippen molar-refractivity contribution in [3.8, 4) is 0 Å². The van der Waals surface area contributed by atoms with Gasteiger partial charge in [-0.1, -0.05) is 6.07 Å². The maximum atomic E-state index is 12.5. The molecule has 0 aromatic heterocycles. The van der Waals surface area contributed by atoms with Crippen LogP contribution in [0, 0.1) is 5.82 Å². The molecule has 1 nitrogen and oxygen atoms in total. The predicted octanol–water partition coefficient (Wildman–Crippen LogP) is 1.76. The average molecular weight is 135 g/mol. The van der Waals surface area contributed by atoms with E-state index >= 15 is 0 Å². The zero-order valence-electron chi connectivity index (χ0n) is 5.34. The Kier molecular flexibility index (Phi) is 1.07. The van der Waals surface area contributed by atoms with Gasteiger partial charge in [0.2, 0.25) is 0 Å². The number of halogens is 1. The normalized spacial score (nSPS) is 13.7. The molecule has 50 valence electrons. The van der Waals surface area contributed by atoms with Crippen LogP contribution in [-0.4, -0.2) is 6.21 Å². The molecular formula is C8H6FN. The molecule has 0 amide bonds. The molecule has 2 rings (SSSR count). The van der Waals surface area contributed by atoms with Gasteiger partial charge in [0, 0.05) is 11.8 Å². The molecule has 0 saturated heterocycles. The number of nitrogens with zero attached hydrogens (tertiary/aromatic N) is 1. The van der Waals surface area contributed by atoms with Crippen molar-refractivity contribution in [2.75, 3.05) is 0 Å². The Bertz CT molecular complexity index is 291. The first kappa shape index (κ1) is 5.59. The minimum Gasteiger partial charge on any atom is -0.288 e. The largest absolute Gasteiger partial charge is 0.288 e. The summed E-state index contributed by atoms with van der Waals surface area (Å²) in [6.07, 6.45) is 1.71. The quantitative estimate of drug-likeness (QED) is 0.514. The molecule has 10 heavy (non-hydrogen) atoms. The third-order valence-electron chi connectivity index (χ3n) is 1.60. The summed E-state index contributed by atoms with van der Waals surface area (Å²) in [5.74, 6) is -0.188. The second-order valence-corrected chi connectivity index (χ2v) is 2.31. The van der Waals surface area contributed by atoms with Crippen LogP contribution in [0.2, 0.25) is 0 Å². The van der Waals surface area contributed by atoms with Crippen LogP contribution >= 0.6 is 0 Å². The lowest BCUT2D eigenvalue weighted by atomic mass is 10.1. The summed E-state index contributed by atoms with van der Waals surface area (Å²) < 4.78 is 12.5. The summed E-state index contributed by atoms with van der Waals surface area (Å²) >= 11 is 0. The van der Waals surface area contributed by atoms with Gasteiger partial charge in [0.25, 0.3) is 0 Å². The monoisotopic (exact) mass is 135 g/mol. The molecule has 0 bridgehead atoms. The standard InChI is InChI=1S/C8H6FN/c9-8-2-1-6-4-10-5-7(6)3-8/h1-3,5H,4H2. The highest BCUT2D eigenvalue weighted by atomic mass is 19.1. The van der Waals surface area contributed by atoms with Crippen molar-refractivity contribution in [1.82, 2.24) is 0 Å². The van der Waals surface area contributed by atoms with Crippen molar-refractivity contribution >= 4 is 6.21 Å². The van der Waals surface area contributed by atoms with Crippen molar-refractivity contribution in [2.24, 2.45) is 4.99 Å². The smallest absolute Gasteiger partial charge is 0.123 e. The van der Waals surface area contributed by atoms with Gasteiger partial charge >= 0.3 is 0 Å². The Morgan fingerprint density at radius 2 is 2.30 bits per heavy atom. The van der Waals surface area contributed by atoms with Crippen LogP contribution in [-0.2, 0) is 6.54 Å². The molecule has 0 spiro atoms.